The van der Waals surface area contributed by atoms with E-state index in [1.807, 2.05) is 0 Å². The number of nitrogens with zero attached hydrogens (tertiary/aromatic N) is 2. The molecule has 0 unspecified atom stereocenters. The summed E-state index contributed by atoms with van der Waals surface area (Å²) in [6.07, 6.45) is 1.07. The van der Waals surface area contributed by atoms with Gasteiger partial charge in [0.2, 0.25) is 10.0 Å². The van der Waals surface area contributed by atoms with E-state index in [2.05, 4.69) is 9.72 Å². The fourth-order valence-electron chi connectivity index (χ4n) is 1.06. The Balaban J connectivity index is 3.05. The van der Waals surface area contributed by atoms with Crippen LogP contribution < -0.4 is 0 Å². The maximum absolute atomic E-state index is 12.0. The summed E-state index contributed by atoms with van der Waals surface area (Å²) in [5.41, 5.74) is 0. The maximum Gasteiger partial charge on any atom is 0.321 e. The monoisotopic (exact) mass is 312 g/mol. The van der Waals surface area contributed by atoms with Crippen molar-refractivity contribution < 1.29 is 17.9 Å². The largest absolute Gasteiger partial charge is 0.468 e. The topological polar surface area (TPSA) is 76.6 Å². The Morgan fingerprint density at radius 2 is 2.11 bits per heavy atom. The zero-order chi connectivity index (χ0) is 13.9. The third-order valence-electron chi connectivity index (χ3n) is 2.06. The number of esters is 1. The maximum atomic E-state index is 12.0. The Kier molecular flexibility index (Phi) is 4.92. The number of carbonyl (C=O) groups excluding carboxylic acids is 1. The van der Waals surface area contributed by atoms with Crippen LogP contribution in [0.2, 0.25) is 10.2 Å². The molecule has 1 rings (SSSR count). The molecule has 0 aliphatic carbocycles. The third-order valence-corrected chi connectivity index (χ3v) is 4.51. The van der Waals surface area contributed by atoms with E-state index in [1.54, 1.807) is 0 Å². The number of sulfonamides is 1. The van der Waals surface area contributed by atoms with E-state index in [0.717, 1.165) is 10.5 Å². The van der Waals surface area contributed by atoms with Gasteiger partial charge in [0.1, 0.15) is 16.6 Å². The van der Waals surface area contributed by atoms with Gasteiger partial charge in [0.25, 0.3) is 0 Å². The molecule has 0 radical (unpaired) electrons. The van der Waals surface area contributed by atoms with Gasteiger partial charge in [-0.25, -0.2) is 13.4 Å². The summed E-state index contributed by atoms with van der Waals surface area (Å²) >= 11 is 11.3. The van der Waals surface area contributed by atoms with Crippen LogP contribution in [0, 0.1) is 0 Å². The van der Waals surface area contributed by atoms with Crippen molar-refractivity contribution in [1.82, 2.24) is 9.29 Å². The van der Waals surface area contributed by atoms with E-state index in [9.17, 15) is 13.2 Å². The van der Waals surface area contributed by atoms with Crippen molar-refractivity contribution in [3.05, 3.63) is 22.4 Å². The number of hydrogen-bond donors (Lipinski definition) is 0. The fourth-order valence-corrected chi connectivity index (χ4v) is 2.48. The summed E-state index contributed by atoms with van der Waals surface area (Å²) in [6.45, 7) is -0.404. The molecule has 18 heavy (non-hydrogen) atoms. The van der Waals surface area contributed by atoms with Gasteiger partial charge in [-0.3, -0.25) is 4.79 Å². The van der Waals surface area contributed by atoms with Crippen LogP contribution in [-0.2, 0) is 19.6 Å². The highest BCUT2D eigenvalue weighted by molar-refractivity contribution is 7.89. The normalized spacial score (nSPS) is 11.6. The minimum Gasteiger partial charge on any atom is -0.468 e. The Hall–Kier alpha value is -0.890. The zero-order valence-corrected chi connectivity index (χ0v) is 11.9. The molecule has 9 heteroatoms. The molecule has 1 aromatic rings. The third kappa shape index (κ3) is 3.32. The first kappa shape index (κ1) is 15.2. The van der Waals surface area contributed by atoms with E-state index >= 15 is 0 Å². The van der Waals surface area contributed by atoms with Gasteiger partial charge < -0.3 is 4.74 Å². The van der Waals surface area contributed by atoms with Crippen molar-refractivity contribution in [1.29, 1.82) is 0 Å². The van der Waals surface area contributed by atoms with E-state index in [1.165, 1.54) is 20.2 Å². The molecule has 0 atom stereocenters. The second-order valence-electron chi connectivity index (χ2n) is 3.28. The molecule has 0 aliphatic rings. The average Bonchev–Trinajstić information content (AvgIpc) is 2.32. The molecule has 0 N–H and O–H groups in total. The van der Waals surface area contributed by atoms with Gasteiger partial charge in [0.15, 0.2) is 0 Å². The number of likely N-dealkylation sites (N-methyl/N-ethyl adjacent to an activating group) is 1. The van der Waals surface area contributed by atoms with Crippen LogP contribution in [0.4, 0.5) is 0 Å². The molecule has 0 fully saturated rings. The summed E-state index contributed by atoms with van der Waals surface area (Å²) in [4.78, 5) is 14.5. The van der Waals surface area contributed by atoms with Crippen LogP contribution in [0.1, 0.15) is 0 Å². The molecule has 0 aromatic carbocycles. The standard InChI is InChI=1S/C9H10Cl2N2O4S/c1-13(5-8(14)17-2)18(15,16)6-3-7(10)9(11)12-4-6/h3-4H,5H2,1-2H3. The van der Waals surface area contributed by atoms with Gasteiger partial charge in [-0.2, -0.15) is 4.31 Å². The number of hydrogen-bond acceptors (Lipinski definition) is 5. The Morgan fingerprint density at radius 3 is 2.61 bits per heavy atom. The Labute approximate surface area is 115 Å². The molecule has 0 saturated heterocycles. The van der Waals surface area contributed by atoms with E-state index in [4.69, 9.17) is 23.2 Å². The Morgan fingerprint density at radius 1 is 1.50 bits per heavy atom. The number of rotatable bonds is 4. The molecule has 0 bridgehead atoms. The predicted molar refractivity (Wildman–Crippen MR) is 66.1 cm³/mol. The van der Waals surface area contributed by atoms with Crippen LogP contribution >= 0.6 is 23.2 Å². The van der Waals surface area contributed by atoms with Crippen LogP contribution in [0.3, 0.4) is 0 Å². The molecule has 0 saturated carbocycles. The summed E-state index contributed by atoms with van der Waals surface area (Å²) in [5.74, 6) is -0.672. The highest BCUT2D eigenvalue weighted by Crippen LogP contribution is 2.23. The smallest absolute Gasteiger partial charge is 0.321 e. The van der Waals surface area contributed by atoms with Crippen molar-refractivity contribution in [3.63, 3.8) is 0 Å². The lowest BCUT2D eigenvalue weighted by molar-refractivity contribution is -0.140. The molecule has 6 nitrogen and oxygen atoms in total. The summed E-state index contributed by atoms with van der Waals surface area (Å²) in [5, 5.41) is 0.0236. The molecule has 1 aromatic heterocycles. The fraction of sp³-hybridized carbons (Fsp3) is 0.333. The number of carbonyl (C=O) groups is 1. The van der Waals surface area contributed by atoms with Crippen LogP contribution in [-0.4, -0.2) is 44.4 Å². The first-order valence-corrected chi connectivity index (χ1v) is 6.83. The average molecular weight is 313 g/mol. The van der Waals surface area contributed by atoms with E-state index in [-0.39, 0.29) is 15.1 Å². The quantitative estimate of drug-likeness (QED) is 0.616. The zero-order valence-electron chi connectivity index (χ0n) is 9.55. The predicted octanol–water partition coefficient (Wildman–Crippen LogP) is 1.18. The lowest BCUT2D eigenvalue weighted by Gasteiger charge is -2.15. The number of ether oxygens (including phenoxy) is 1. The van der Waals surface area contributed by atoms with Crippen molar-refractivity contribution in [3.8, 4) is 0 Å². The van der Waals surface area contributed by atoms with E-state index < -0.39 is 22.5 Å². The van der Waals surface area contributed by atoms with Gasteiger partial charge in [-0.1, -0.05) is 23.2 Å². The second kappa shape index (κ2) is 5.83. The minimum atomic E-state index is -3.86. The molecule has 100 valence electrons. The van der Waals surface area contributed by atoms with Crippen molar-refractivity contribution >= 4 is 39.2 Å². The number of halogens is 2. The lowest BCUT2D eigenvalue weighted by Crippen LogP contribution is -2.32. The van der Waals surface area contributed by atoms with E-state index in [0.29, 0.717) is 0 Å². The Bertz CT molecular complexity index is 562. The molecule has 1 heterocycles. The molecule has 0 amide bonds. The molecular weight excluding hydrogens is 303 g/mol. The second-order valence-corrected chi connectivity index (χ2v) is 6.09. The highest BCUT2D eigenvalue weighted by Gasteiger charge is 2.24. The summed E-state index contributed by atoms with van der Waals surface area (Å²) in [7, 11) is -1.44. The van der Waals surface area contributed by atoms with Gasteiger partial charge in [-0.15, -0.1) is 0 Å². The summed E-state index contributed by atoms with van der Waals surface area (Å²) in [6, 6.07) is 1.17. The SMILES string of the molecule is COC(=O)CN(C)S(=O)(=O)c1cnc(Cl)c(Cl)c1. The van der Waals surface area contributed by atoms with Crippen LogP contribution in [0.5, 0.6) is 0 Å². The highest BCUT2D eigenvalue weighted by atomic mass is 35.5. The van der Waals surface area contributed by atoms with Gasteiger partial charge in [0, 0.05) is 13.2 Å². The van der Waals surface area contributed by atoms with Crippen molar-refractivity contribution in [2.75, 3.05) is 20.7 Å². The summed E-state index contributed by atoms with van der Waals surface area (Å²) < 4.78 is 29.3. The van der Waals surface area contributed by atoms with Crippen LogP contribution in [0.15, 0.2) is 17.2 Å². The molecule has 0 spiro atoms. The molecular formula is C9H10Cl2N2O4S. The number of pyridine rings is 1. The number of aromatic nitrogens is 1. The first-order chi connectivity index (χ1) is 8.28. The minimum absolute atomic E-state index is 0.00578. The lowest BCUT2D eigenvalue weighted by atomic mass is 10.5. The van der Waals surface area contributed by atoms with Gasteiger partial charge in [-0.05, 0) is 6.07 Å². The van der Waals surface area contributed by atoms with Crippen LogP contribution in [0.25, 0.3) is 0 Å². The van der Waals surface area contributed by atoms with Crippen molar-refractivity contribution in [2.45, 2.75) is 4.90 Å². The number of methoxy groups -OCH3 is 1. The van der Waals surface area contributed by atoms with Gasteiger partial charge in [0.05, 0.1) is 12.1 Å². The van der Waals surface area contributed by atoms with Crippen molar-refractivity contribution in [2.24, 2.45) is 0 Å². The molecule has 0 aliphatic heterocycles. The first-order valence-electron chi connectivity index (χ1n) is 4.63. The van der Waals surface area contributed by atoms with Gasteiger partial charge >= 0.3 is 5.97 Å².